The average Bonchev–Trinajstić information content (AvgIpc) is 3.68. The van der Waals surface area contributed by atoms with E-state index in [1.165, 1.54) is 13.8 Å². The smallest absolute Gasteiger partial charge is 0.218 e. The lowest BCUT2D eigenvalue weighted by Crippen LogP contribution is -3.00. The molecule has 0 aliphatic carbocycles. The lowest BCUT2D eigenvalue weighted by atomic mass is 9.89. The molecule has 6 rings (SSSR count). The van der Waals surface area contributed by atoms with Crippen LogP contribution in [0.25, 0.3) is 0 Å². The fourth-order valence-electron chi connectivity index (χ4n) is 5.29. The molecule has 4 aromatic rings. The molecule has 0 aromatic heterocycles. The van der Waals surface area contributed by atoms with Gasteiger partial charge < -0.3 is 33.1 Å². The number of carbonyl (C=O) groups is 2. The Kier molecular flexibility index (Phi) is 15.8. The number of hydrogen-bond acceptors (Lipinski definition) is 7. The van der Waals surface area contributed by atoms with Crippen molar-refractivity contribution in [2.24, 2.45) is 16.0 Å². The number of nitrogens with zero attached hydrogens (tertiary/aromatic N) is 2. The first kappa shape index (κ1) is 43.1. The number of nitrogens with two attached hydrogens (primary N) is 1. The lowest BCUT2D eigenvalue weighted by molar-refractivity contribution is -0.119. The molecule has 2 aliphatic heterocycles. The van der Waals surface area contributed by atoms with Crippen LogP contribution < -0.4 is 23.5 Å². The molecule has 0 radical (unpaired) electrons. The van der Waals surface area contributed by atoms with Crippen molar-refractivity contribution in [3.63, 3.8) is 0 Å². The quantitative estimate of drug-likeness (QED) is 0.196. The molecule has 0 saturated heterocycles. The van der Waals surface area contributed by atoms with Crippen molar-refractivity contribution in [1.29, 1.82) is 0 Å². The molecule has 8 nitrogen and oxygen atoms in total. The molecule has 0 bridgehead atoms. The van der Waals surface area contributed by atoms with Crippen molar-refractivity contribution < 1.29 is 31.7 Å². The summed E-state index contributed by atoms with van der Waals surface area (Å²) in [7, 11) is 0. The van der Waals surface area contributed by atoms with Gasteiger partial charge in [0, 0.05) is 71.0 Å². The summed E-state index contributed by atoms with van der Waals surface area (Å²) in [6.07, 6.45) is 1.28. The Labute approximate surface area is 335 Å². The van der Waals surface area contributed by atoms with E-state index >= 15 is 0 Å². The van der Waals surface area contributed by atoms with Gasteiger partial charge in [-0.15, -0.1) is 0 Å². The minimum absolute atomic E-state index is 0. The number of benzene rings is 4. The molecule has 52 heavy (non-hydrogen) atoms. The van der Waals surface area contributed by atoms with E-state index < -0.39 is 11.2 Å². The molecule has 0 spiro atoms. The van der Waals surface area contributed by atoms with Crippen molar-refractivity contribution in [1.82, 2.24) is 5.32 Å². The monoisotopic (exact) mass is 823 g/mol. The van der Waals surface area contributed by atoms with E-state index in [1.807, 2.05) is 86.6 Å². The van der Waals surface area contributed by atoms with Gasteiger partial charge in [0.15, 0.2) is 11.2 Å². The maximum Gasteiger partial charge on any atom is 0.218 e. The lowest BCUT2D eigenvalue weighted by Gasteiger charge is -2.22. The molecule has 4 aromatic carbocycles. The number of rotatable bonds is 7. The number of amides is 1. The third-order valence-electron chi connectivity index (χ3n) is 8.02. The van der Waals surface area contributed by atoms with Crippen LogP contribution in [-0.2, 0) is 43.6 Å². The summed E-state index contributed by atoms with van der Waals surface area (Å²) in [4.78, 5) is 31.6. The number of nitrogens with one attached hydrogen (secondary N) is 1. The summed E-state index contributed by atoms with van der Waals surface area (Å²) in [5, 5.41) is 13.3. The Morgan fingerprint density at radius 1 is 0.692 bits per heavy atom. The van der Waals surface area contributed by atoms with Gasteiger partial charge in [0.25, 0.3) is 0 Å². The van der Waals surface area contributed by atoms with E-state index in [1.54, 1.807) is 12.1 Å². The first-order valence-corrected chi connectivity index (χ1v) is 17.7. The normalized spacial score (nSPS) is 18.5. The molecule has 2 atom stereocenters. The van der Waals surface area contributed by atoms with Gasteiger partial charge in [-0.3, -0.25) is 9.59 Å². The predicted molar refractivity (Wildman–Crippen MR) is 207 cm³/mol. The van der Waals surface area contributed by atoms with Gasteiger partial charge in [0.05, 0.1) is 11.4 Å². The Morgan fingerprint density at radius 2 is 1.04 bits per heavy atom. The van der Waals surface area contributed by atoms with Crippen molar-refractivity contribution in [2.75, 3.05) is 0 Å². The molecule has 2 heterocycles. The van der Waals surface area contributed by atoms with Crippen molar-refractivity contribution in [2.45, 2.75) is 64.8 Å². The van der Waals surface area contributed by atoms with Crippen LogP contribution in [0.15, 0.2) is 95.2 Å². The first-order chi connectivity index (χ1) is 24.1. The maximum absolute atomic E-state index is 11.0. The van der Waals surface area contributed by atoms with Crippen LogP contribution in [0, 0.1) is 0 Å². The Bertz CT molecular complexity index is 1890. The summed E-state index contributed by atoms with van der Waals surface area (Å²) in [5.41, 5.74) is 12.2. The van der Waals surface area contributed by atoms with Gasteiger partial charge in [-0.05, 0) is 84.1 Å². The molecule has 0 fully saturated rings. The van der Waals surface area contributed by atoms with E-state index in [4.69, 9.17) is 61.8 Å². The molecule has 3 N–H and O–H groups in total. The van der Waals surface area contributed by atoms with Crippen molar-refractivity contribution in [3.8, 4) is 0 Å². The predicted octanol–water partition coefficient (Wildman–Crippen LogP) is 6.94. The zero-order chi connectivity index (χ0) is 37.3. The highest BCUT2D eigenvalue weighted by Crippen LogP contribution is 2.39. The van der Waals surface area contributed by atoms with Crippen LogP contribution in [0.4, 0.5) is 0 Å². The van der Waals surface area contributed by atoms with Gasteiger partial charge in [-0.1, -0.05) is 105 Å². The van der Waals surface area contributed by atoms with Crippen LogP contribution in [-0.4, -0.2) is 22.6 Å². The topological polar surface area (TPSA) is 115 Å². The first-order valence-electron chi connectivity index (χ1n) is 15.8. The minimum atomic E-state index is -0.598. The fraction of sp³-hybridized carbons (Fsp3) is 0.263. The van der Waals surface area contributed by atoms with Gasteiger partial charge in [-0.2, -0.15) is 0 Å². The Morgan fingerprint density at radius 3 is 1.37 bits per heavy atom. The second-order valence-electron chi connectivity index (χ2n) is 12.4. The van der Waals surface area contributed by atoms with E-state index in [9.17, 15) is 9.59 Å². The van der Waals surface area contributed by atoms with E-state index in [2.05, 4.69) is 27.2 Å². The third kappa shape index (κ3) is 12.1. The van der Waals surface area contributed by atoms with E-state index in [-0.39, 0.29) is 23.6 Å². The van der Waals surface area contributed by atoms with Crippen LogP contribution in [0.1, 0.15) is 73.9 Å². The standard InChI is InChI=1S/C19H18Cl2N2O2.C17H16Cl2N2O.C2H3ClO.ClH/c1-12(24)22-11-13-3-5-14(6-4-13)18-10-19(2,25-23-18)15-7-16(20)9-17(21)8-15;1-17(13-6-14(18)8-15(19)7-13)9-16(21-22-17)12-4-2-11(10-20)3-5-12;1-2(3)4;/h3-9H,10-11H2,1-2H3,(H,22,24);2-8H,9-10,20H2,1H3;1H3;1H/p-1. The van der Waals surface area contributed by atoms with Gasteiger partial charge in [-0.25, -0.2) is 0 Å². The van der Waals surface area contributed by atoms with Crippen LogP contribution >= 0.6 is 58.0 Å². The van der Waals surface area contributed by atoms with Gasteiger partial charge >= 0.3 is 0 Å². The Hall–Kier alpha value is -3.34. The summed E-state index contributed by atoms with van der Waals surface area (Å²) >= 11 is 29.0. The number of hydrogen-bond donors (Lipinski definition) is 2. The summed E-state index contributed by atoms with van der Waals surface area (Å²) in [5.74, 6) is -0.0476. The molecule has 276 valence electrons. The fourth-order valence-corrected chi connectivity index (χ4v) is 6.34. The minimum Gasteiger partial charge on any atom is -1.00 e. The number of carbonyl (C=O) groups excluding carboxylic acids is 2. The molecular weight excluding hydrogens is 789 g/mol. The molecule has 2 aliphatic rings. The highest BCUT2D eigenvalue weighted by atomic mass is 35.5. The SMILES string of the molecule is CC(=O)Cl.CC(=O)NCc1ccc(C2=NOC(C)(c3cc(Cl)cc(Cl)c3)C2)cc1.CC1(c2cc(Cl)cc(Cl)c2)CC(c2ccc(CN)cc2)=NO1.[Cl-]. The highest BCUT2D eigenvalue weighted by Gasteiger charge is 2.38. The molecule has 14 heteroatoms. The van der Waals surface area contributed by atoms with Crippen LogP contribution in [0.2, 0.25) is 20.1 Å². The largest absolute Gasteiger partial charge is 1.00 e. The average molecular weight is 826 g/mol. The third-order valence-corrected chi connectivity index (χ3v) is 8.89. The van der Waals surface area contributed by atoms with Crippen molar-refractivity contribution >= 4 is 80.6 Å². The van der Waals surface area contributed by atoms with E-state index in [0.29, 0.717) is 46.0 Å². The van der Waals surface area contributed by atoms with Gasteiger partial charge in [0.2, 0.25) is 11.1 Å². The van der Waals surface area contributed by atoms with Crippen LogP contribution in [0.5, 0.6) is 0 Å². The Balaban J connectivity index is 0.000000251. The second-order valence-corrected chi connectivity index (χ2v) is 14.6. The second kappa shape index (κ2) is 19.1. The molecular formula is C38H37Cl6N4O4-. The zero-order valence-corrected chi connectivity index (χ0v) is 33.3. The molecule has 1 amide bonds. The van der Waals surface area contributed by atoms with Crippen LogP contribution in [0.3, 0.4) is 0 Å². The summed E-state index contributed by atoms with van der Waals surface area (Å²) in [6, 6.07) is 26.8. The number of halogens is 6. The summed E-state index contributed by atoms with van der Waals surface area (Å²) < 4.78 is 0. The maximum atomic E-state index is 11.0. The molecule has 2 unspecified atom stereocenters. The van der Waals surface area contributed by atoms with E-state index in [0.717, 1.165) is 44.8 Å². The summed E-state index contributed by atoms with van der Waals surface area (Å²) in [6.45, 7) is 7.79. The van der Waals surface area contributed by atoms with Gasteiger partial charge in [0.1, 0.15) is 0 Å². The highest BCUT2D eigenvalue weighted by molar-refractivity contribution is 6.62. The zero-order valence-electron chi connectivity index (χ0n) is 28.8. The van der Waals surface area contributed by atoms with Crippen molar-refractivity contribution in [3.05, 3.63) is 138 Å². The molecule has 0 saturated carbocycles. The number of oxime groups is 2.